The Kier molecular flexibility index (Phi) is 6.60. The van der Waals surface area contributed by atoms with Gasteiger partial charge in [0.2, 0.25) is 0 Å². The van der Waals surface area contributed by atoms with Gasteiger partial charge in [-0.3, -0.25) is 0 Å². The number of aromatic carboxylic acids is 1. The Balaban J connectivity index is 1.79. The number of aromatic nitrogens is 2. The molecule has 1 heterocycles. The molecule has 0 saturated carbocycles. The number of carboxylic acid groups (broad SMARTS) is 1. The van der Waals surface area contributed by atoms with Crippen LogP contribution in [-0.4, -0.2) is 22.7 Å². The molecule has 1 N–H and O–H groups in total. The average molecular weight is 440 g/mol. The molecule has 0 bridgehead atoms. The van der Waals surface area contributed by atoms with Crippen LogP contribution < -0.4 is 15.3 Å². The van der Waals surface area contributed by atoms with Crippen LogP contribution in [0.3, 0.4) is 0 Å². The molecule has 3 aromatic rings. The number of carboxylic acids is 1. The van der Waals surface area contributed by atoms with Crippen LogP contribution in [0.25, 0.3) is 0 Å². The second kappa shape index (κ2) is 9.32. The highest BCUT2D eigenvalue weighted by atomic mass is 79.9. The summed E-state index contributed by atoms with van der Waals surface area (Å²) in [6.07, 6.45) is 0. The number of carbonyl (C=O) groups excluding carboxylic acids is 1. The van der Waals surface area contributed by atoms with Gasteiger partial charge in [-0.2, -0.15) is 0 Å². The lowest BCUT2D eigenvalue weighted by Gasteiger charge is -2.23. The highest BCUT2D eigenvalue weighted by Gasteiger charge is 2.12. The van der Waals surface area contributed by atoms with Crippen LogP contribution in [0, 0.1) is 0 Å². The van der Waals surface area contributed by atoms with Crippen LogP contribution in [0.5, 0.6) is 0 Å². The summed E-state index contributed by atoms with van der Waals surface area (Å²) in [5, 5.41) is 22.1. The standard InChI is InChI=1S/C21H21BrN4O2/c1-2-26(20-11-10-19(21(27)28)24-25-20)14-16-12-17(22)8-9-18(16)23-13-15-6-4-3-5-7-15/h3-12,23H,2,13-14H2,1H3,(H,27,28)/p-1. The molecule has 2 aromatic carbocycles. The summed E-state index contributed by atoms with van der Waals surface area (Å²) in [5.41, 5.74) is 3.16. The monoisotopic (exact) mass is 439 g/mol. The summed E-state index contributed by atoms with van der Waals surface area (Å²) in [5.74, 6) is -0.719. The Morgan fingerprint density at radius 3 is 2.54 bits per heavy atom. The Morgan fingerprint density at radius 2 is 1.89 bits per heavy atom. The molecule has 0 spiro atoms. The van der Waals surface area contributed by atoms with Crippen LogP contribution in [0.15, 0.2) is 65.1 Å². The van der Waals surface area contributed by atoms with E-state index in [4.69, 9.17) is 0 Å². The first-order valence-electron chi connectivity index (χ1n) is 8.93. The van der Waals surface area contributed by atoms with Crippen molar-refractivity contribution in [1.82, 2.24) is 10.2 Å². The largest absolute Gasteiger partial charge is 0.543 e. The smallest absolute Gasteiger partial charge is 0.151 e. The SMILES string of the molecule is CCN(Cc1cc(Br)ccc1NCc1ccccc1)c1ccc(C(=O)[O-])nn1. The van der Waals surface area contributed by atoms with E-state index < -0.39 is 5.97 Å². The maximum absolute atomic E-state index is 10.9. The average Bonchev–Trinajstić information content (AvgIpc) is 2.72. The van der Waals surface area contributed by atoms with Gasteiger partial charge in [0.15, 0.2) is 5.82 Å². The van der Waals surface area contributed by atoms with Crippen LogP contribution in [0.2, 0.25) is 0 Å². The molecular weight excluding hydrogens is 420 g/mol. The van der Waals surface area contributed by atoms with E-state index in [-0.39, 0.29) is 5.69 Å². The number of nitrogens with zero attached hydrogens (tertiary/aromatic N) is 3. The molecule has 3 rings (SSSR count). The van der Waals surface area contributed by atoms with Gasteiger partial charge in [-0.05, 0) is 48.4 Å². The third kappa shape index (κ3) is 5.07. The maximum atomic E-state index is 10.9. The molecule has 0 aliphatic heterocycles. The third-order valence-corrected chi connectivity index (χ3v) is 4.81. The van der Waals surface area contributed by atoms with E-state index in [1.807, 2.05) is 42.2 Å². The van der Waals surface area contributed by atoms with Crippen molar-refractivity contribution in [2.75, 3.05) is 16.8 Å². The van der Waals surface area contributed by atoms with Crippen molar-refractivity contribution >= 4 is 33.4 Å². The van der Waals surface area contributed by atoms with Gasteiger partial charge in [0.05, 0.1) is 5.97 Å². The van der Waals surface area contributed by atoms with E-state index in [1.54, 1.807) is 6.07 Å². The fourth-order valence-corrected chi connectivity index (χ4v) is 3.23. The second-order valence-electron chi connectivity index (χ2n) is 6.22. The minimum atomic E-state index is -1.33. The molecule has 144 valence electrons. The molecule has 0 radical (unpaired) electrons. The Bertz CT molecular complexity index is 933. The van der Waals surface area contributed by atoms with Gasteiger partial charge < -0.3 is 20.1 Å². The van der Waals surface area contributed by atoms with Crippen LogP contribution in [-0.2, 0) is 13.1 Å². The number of rotatable bonds is 8. The molecule has 7 heteroatoms. The maximum Gasteiger partial charge on any atom is 0.151 e. The first kappa shape index (κ1) is 19.8. The lowest BCUT2D eigenvalue weighted by molar-refractivity contribution is -0.255. The van der Waals surface area contributed by atoms with Crippen molar-refractivity contribution in [2.45, 2.75) is 20.0 Å². The van der Waals surface area contributed by atoms with E-state index in [0.717, 1.165) is 22.3 Å². The molecule has 28 heavy (non-hydrogen) atoms. The summed E-state index contributed by atoms with van der Waals surface area (Å²) in [4.78, 5) is 12.9. The molecule has 0 fully saturated rings. The second-order valence-corrected chi connectivity index (χ2v) is 7.13. The Hall–Kier alpha value is -2.93. The van der Waals surface area contributed by atoms with Crippen molar-refractivity contribution in [1.29, 1.82) is 0 Å². The number of hydrogen-bond donors (Lipinski definition) is 1. The lowest BCUT2D eigenvalue weighted by Crippen LogP contribution is -2.26. The minimum absolute atomic E-state index is 0.174. The van der Waals surface area contributed by atoms with E-state index >= 15 is 0 Å². The number of hydrogen-bond acceptors (Lipinski definition) is 6. The number of anilines is 2. The first-order valence-corrected chi connectivity index (χ1v) is 9.72. The van der Waals surface area contributed by atoms with Crippen molar-refractivity contribution < 1.29 is 9.90 Å². The summed E-state index contributed by atoms with van der Waals surface area (Å²) >= 11 is 3.54. The van der Waals surface area contributed by atoms with Crippen LogP contribution in [0.1, 0.15) is 28.5 Å². The summed E-state index contributed by atoms with van der Waals surface area (Å²) < 4.78 is 0.988. The van der Waals surface area contributed by atoms with Crippen molar-refractivity contribution in [3.63, 3.8) is 0 Å². The molecule has 0 amide bonds. The number of nitrogens with one attached hydrogen (secondary N) is 1. The number of carbonyl (C=O) groups is 1. The third-order valence-electron chi connectivity index (χ3n) is 4.32. The minimum Gasteiger partial charge on any atom is -0.543 e. The van der Waals surface area contributed by atoms with Gasteiger partial charge in [0.1, 0.15) is 5.69 Å². The van der Waals surface area contributed by atoms with Gasteiger partial charge in [-0.15, -0.1) is 10.2 Å². The molecule has 0 unspecified atom stereocenters. The Labute approximate surface area is 172 Å². The van der Waals surface area contributed by atoms with Crippen LogP contribution >= 0.6 is 15.9 Å². The lowest BCUT2D eigenvalue weighted by atomic mass is 10.1. The Morgan fingerprint density at radius 1 is 1.11 bits per heavy atom. The van der Waals surface area contributed by atoms with Gasteiger partial charge in [-0.25, -0.2) is 0 Å². The fraction of sp³-hybridized carbons (Fsp3) is 0.190. The predicted octanol–water partition coefficient (Wildman–Crippen LogP) is 3.24. The zero-order chi connectivity index (χ0) is 19.9. The molecule has 6 nitrogen and oxygen atoms in total. The molecule has 0 aliphatic rings. The zero-order valence-electron chi connectivity index (χ0n) is 15.4. The van der Waals surface area contributed by atoms with Crippen molar-refractivity contribution in [3.8, 4) is 0 Å². The summed E-state index contributed by atoms with van der Waals surface area (Å²) in [7, 11) is 0. The van der Waals surface area contributed by atoms with Crippen LogP contribution in [0.4, 0.5) is 11.5 Å². The van der Waals surface area contributed by atoms with Gasteiger partial charge >= 0.3 is 0 Å². The molecule has 1 aromatic heterocycles. The fourth-order valence-electron chi connectivity index (χ4n) is 2.82. The first-order chi connectivity index (χ1) is 13.6. The van der Waals surface area contributed by atoms with Crippen molar-refractivity contribution in [3.05, 3.63) is 82.0 Å². The van der Waals surface area contributed by atoms with Gasteiger partial charge in [-0.1, -0.05) is 46.3 Å². The zero-order valence-corrected chi connectivity index (χ0v) is 17.0. The molecule has 0 atom stereocenters. The highest BCUT2D eigenvalue weighted by Crippen LogP contribution is 2.25. The predicted molar refractivity (Wildman–Crippen MR) is 111 cm³/mol. The van der Waals surface area contributed by atoms with Gasteiger partial charge in [0, 0.05) is 29.8 Å². The topological polar surface area (TPSA) is 81.2 Å². The van der Waals surface area contributed by atoms with Crippen molar-refractivity contribution in [2.24, 2.45) is 0 Å². The quantitative estimate of drug-likeness (QED) is 0.579. The molecular formula is C21H20BrN4O2-. The molecule has 0 saturated heterocycles. The van der Waals surface area contributed by atoms with Gasteiger partial charge in [0.25, 0.3) is 0 Å². The molecule has 0 aliphatic carbocycles. The van der Waals surface area contributed by atoms with E-state index in [9.17, 15) is 9.90 Å². The normalized spacial score (nSPS) is 10.5. The summed E-state index contributed by atoms with van der Waals surface area (Å²) in [6, 6.07) is 19.4. The van der Waals surface area contributed by atoms with E-state index in [2.05, 4.69) is 49.6 Å². The number of benzene rings is 2. The summed E-state index contributed by atoms with van der Waals surface area (Å²) in [6.45, 7) is 4.04. The number of halogens is 1. The van der Waals surface area contributed by atoms with E-state index in [1.165, 1.54) is 11.6 Å². The highest BCUT2D eigenvalue weighted by molar-refractivity contribution is 9.10. The van der Waals surface area contributed by atoms with E-state index in [0.29, 0.717) is 18.9 Å².